The molecule has 0 spiro atoms. The van der Waals surface area contributed by atoms with Crippen LogP contribution in [0.5, 0.6) is 11.5 Å². The standard InChI is InChI=1S/C18H20N2O4S/c21-18(20-15-10-11-25(22,23)13-15)12-19-14-6-8-17(9-7-14)24-16-4-2-1-3-5-16/h1-9,15,19H,10-13H2,(H,20,21). The summed E-state index contributed by atoms with van der Waals surface area (Å²) in [5, 5.41) is 5.76. The zero-order valence-electron chi connectivity index (χ0n) is 13.6. The third-order valence-electron chi connectivity index (χ3n) is 3.88. The van der Waals surface area contributed by atoms with Gasteiger partial charge < -0.3 is 15.4 Å². The maximum atomic E-state index is 11.9. The Hall–Kier alpha value is -2.54. The number of amides is 1. The van der Waals surface area contributed by atoms with Crippen molar-refractivity contribution >= 4 is 21.4 Å². The Morgan fingerprint density at radius 1 is 1.04 bits per heavy atom. The number of anilines is 1. The molecule has 25 heavy (non-hydrogen) atoms. The van der Waals surface area contributed by atoms with Crippen molar-refractivity contribution < 1.29 is 17.9 Å². The lowest BCUT2D eigenvalue weighted by Gasteiger charge is -2.12. The van der Waals surface area contributed by atoms with E-state index >= 15 is 0 Å². The summed E-state index contributed by atoms with van der Waals surface area (Å²) in [6.45, 7) is 0.0927. The van der Waals surface area contributed by atoms with Crippen LogP contribution in [0.2, 0.25) is 0 Å². The molecule has 0 radical (unpaired) electrons. The van der Waals surface area contributed by atoms with Gasteiger partial charge in [0.15, 0.2) is 9.84 Å². The molecule has 0 bridgehead atoms. The van der Waals surface area contributed by atoms with E-state index in [2.05, 4.69) is 10.6 Å². The molecule has 1 atom stereocenters. The average molecular weight is 360 g/mol. The Labute approximate surface area is 147 Å². The third kappa shape index (κ3) is 5.22. The van der Waals surface area contributed by atoms with Gasteiger partial charge in [-0.3, -0.25) is 4.79 Å². The van der Waals surface area contributed by atoms with E-state index in [1.165, 1.54) is 0 Å². The molecule has 7 heteroatoms. The molecule has 2 aromatic rings. The SMILES string of the molecule is O=C(CNc1ccc(Oc2ccccc2)cc1)NC1CCS(=O)(=O)C1. The van der Waals surface area contributed by atoms with Crippen LogP contribution in [0.25, 0.3) is 0 Å². The summed E-state index contributed by atoms with van der Waals surface area (Å²) in [5.74, 6) is 1.43. The van der Waals surface area contributed by atoms with Crippen LogP contribution < -0.4 is 15.4 Å². The highest BCUT2D eigenvalue weighted by molar-refractivity contribution is 7.91. The molecule has 1 aliphatic heterocycles. The van der Waals surface area contributed by atoms with Crippen molar-refractivity contribution in [2.75, 3.05) is 23.4 Å². The molecule has 2 aromatic carbocycles. The Balaban J connectivity index is 1.46. The second-order valence-corrected chi connectivity index (χ2v) is 8.19. The number of nitrogens with one attached hydrogen (secondary N) is 2. The van der Waals surface area contributed by atoms with Gasteiger partial charge in [-0.1, -0.05) is 18.2 Å². The Kier molecular flexibility index (Phi) is 5.23. The predicted molar refractivity (Wildman–Crippen MR) is 96.6 cm³/mol. The second kappa shape index (κ2) is 7.57. The van der Waals surface area contributed by atoms with Gasteiger partial charge in [-0.2, -0.15) is 0 Å². The fraction of sp³-hybridized carbons (Fsp3) is 0.278. The summed E-state index contributed by atoms with van der Waals surface area (Å²) in [6.07, 6.45) is 0.486. The molecule has 1 fully saturated rings. The molecule has 1 aliphatic rings. The van der Waals surface area contributed by atoms with Crippen LogP contribution in [0.3, 0.4) is 0 Å². The van der Waals surface area contributed by atoms with Crippen molar-refractivity contribution in [3.05, 3.63) is 54.6 Å². The fourth-order valence-electron chi connectivity index (χ4n) is 2.64. The number of para-hydroxylation sites is 1. The Morgan fingerprint density at radius 2 is 1.72 bits per heavy atom. The molecule has 0 aromatic heterocycles. The summed E-state index contributed by atoms with van der Waals surface area (Å²) >= 11 is 0. The van der Waals surface area contributed by atoms with Gasteiger partial charge in [-0.15, -0.1) is 0 Å². The maximum absolute atomic E-state index is 11.9. The summed E-state index contributed by atoms with van der Waals surface area (Å²) in [5.41, 5.74) is 0.787. The van der Waals surface area contributed by atoms with Crippen LogP contribution >= 0.6 is 0 Å². The topological polar surface area (TPSA) is 84.5 Å². The average Bonchev–Trinajstić information content (AvgIpc) is 2.94. The summed E-state index contributed by atoms with van der Waals surface area (Å²) in [6, 6.07) is 16.5. The molecular formula is C18H20N2O4S. The van der Waals surface area contributed by atoms with E-state index in [-0.39, 0.29) is 30.0 Å². The first-order chi connectivity index (χ1) is 12.0. The van der Waals surface area contributed by atoms with Crippen LogP contribution in [-0.2, 0) is 14.6 Å². The Bertz CT molecular complexity index is 820. The van der Waals surface area contributed by atoms with Gasteiger partial charge in [-0.05, 0) is 42.8 Å². The molecule has 1 heterocycles. The van der Waals surface area contributed by atoms with Crippen LogP contribution in [0, 0.1) is 0 Å². The lowest BCUT2D eigenvalue weighted by atomic mass is 10.2. The molecule has 2 N–H and O–H groups in total. The number of ether oxygens (including phenoxy) is 1. The van der Waals surface area contributed by atoms with Gasteiger partial charge >= 0.3 is 0 Å². The van der Waals surface area contributed by atoms with Crippen LogP contribution in [0.15, 0.2) is 54.6 Å². The molecule has 3 rings (SSSR count). The molecule has 1 amide bonds. The highest BCUT2D eigenvalue weighted by Crippen LogP contribution is 2.22. The number of hydrogen-bond acceptors (Lipinski definition) is 5. The maximum Gasteiger partial charge on any atom is 0.239 e. The largest absolute Gasteiger partial charge is 0.457 e. The van der Waals surface area contributed by atoms with E-state index in [1.807, 2.05) is 54.6 Å². The summed E-state index contributed by atoms with van der Waals surface area (Å²) in [7, 11) is -2.99. The van der Waals surface area contributed by atoms with Gasteiger partial charge in [0.25, 0.3) is 0 Å². The number of sulfone groups is 1. The molecule has 132 valence electrons. The van der Waals surface area contributed by atoms with Gasteiger partial charge in [0, 0.05) is 11.7 Å². The third-order valence-corrected chi connectivity index (χ3v) is 5.65. The first-order valence-corrected chi connectivity index (χ1v) is 9.89. The lowest BCUT2D eigenvalue weighted by molar-refractivity contribution is -0.119. The van der Waals surface area contributed by atoms with Crippen LogP contribution in [0.4, 0.5) is 5.69 Å². The monoisotopic (exact) mass is 360 g/mol. The first kappa shape index (κ1) is 17.3. The van der Waals surface area contributed by atoms with Crippen molar-refractivity contribution in [2.24, 2.45) is 0 Å². The van der Waals surface area contributed by atoms with E-state index < -0.39 is 9.84 Å². The molecular weight excluding hydrogens is 340 g/mol. The molecule has 1 unspecified atom stereocenters. The van der Waals surface area contributed by atoms with Crippen LogP contribution in [-0.4, -0.2) is 38.4 Å². The van der Waals surface area contributed by atoms with E-state index in [1.54, 1.807) is 0 Å². The van der Waals surface area contributed by atoms with E-state index in [0.717, 1.165) is 11.4 Å². The second-order valence-electron chi connectivity index (χ2n) is 5.96. The summed E-state index contributed by atoms with van der Waals surface area (Å²) < 4.78 is 28.5. The van der Waals surface area contributed by atoms with E-state index in [9.17, 15) is 13.2 Å². The smallest absolute Gasteiger partial charge is 0.239 e. The normalized spacial score (nSPS) is 18.5. The zero-order chi connectivity index (χ0) is 17.7. The molecule has 0 saturated carbocycles. The van der Waals surface area contributed by atoms with Crippen molar-refractivity contribution in [3.8, 4) is 11.5 Å². The lowest BCUT2D eigenvalue weighted by Crippen LogP contribution is -2.39. The van der Waals surface area contributed by atoms with Crippen molar-refractivity contribution in [3.63, 3.8) is 0 Å². The number of rotatable bonds is 6. The van der Waals surface area contributed by atoms with Crippen molar-refractivity contribution in [1.29, 1.82) is 0 Å². The zero-order valence-corrected chi connectivity index (χ0v) is 14.5. The minimum Gasteiger partial charge on any atom is -0.457 e. The fourth-order valence-corrected chi connectivity index (χ4v) is 4.31. The minimum absolute atomic E-state index is 0.0320. The van der Waals surface area contributed by atoms with Gasteiger partial charge in [0.05, 0.1) is 18.1 Å². The van der Waals surface area contributed by atoms with Gasteiger partial charge in [-0.25, -0.2) is 8.42 Å². The molecule has 6 nitrogen and oxygen atoms in total. The number of carbonyl (C=O) groups excluding carboxylic acids is 1. The number of carbonyl (C=O) groups is 1. The minimum atomic E-state index is -2.99. The number of benzene rings is 2. The van der Waals surface area contributed by atoms with E-state index in [0.29, 0.717) is 12.2 Å². The van der Waals surface area contributed by atoms with E-state index in [4.69, 9.17) is 4.74 Å². The number of hydrogen-bond donors (Lipinski definition) is 2. The summed E-state index contributed by atoms with van der Waals surface area (Å²) in [4.78, 5) is 11.9. The van der Waals surface area contributed by atoms with Gasteiger partial charge in [0.1, 0.15) is 11.5 Å². The van der Waals surface area contributed by atoms with Crippen molar-refractivity contribution in [2.45, 2.75) is 12.5 Å². The Morgan fingerprint density at radius 3 is 2.36 bits per heavy atom. The first-order valence-electron chi connectivity index (χ1n) is 8.07. The molecule has 0 aliphatic carbocycles. The predicted octanol–water partition coefficient (Wildman–Crippen LogP) is 2.19. The quantitative estimate of drug-likeness (QED) is 0.825. The molecule has 1 saturated heterocycles. The van der Waals surface area contributed by atoms with Gasteiger partial charge in [0.2, 0.25) is 5.91 Å². The highest BCUT2D eigenvalue weighted by Gasteiger charge is 2.28. The van der Waals surface area contributed by atoms with Crippen molar-refractivity contribution in [1.82, 2.24) is 5.32 Å². The van der Waals surface area contributed by atoms with Crippen LogP contribution in [0.1, 0.15) is 6.42 Å². The highest BCUT2D eigenvalue weighted by atomic mass is 32.2.